The Hall–Kier alpha value is -1.72. The van der Waals surface area contributed by atoms with Crippen LogP contribution in [0.5, 0.6) is 0 Å². The number of nitrogens with one attached hydrogen (secondary N) is 1. The van der Waals surface area contributed by atoms with E-state index >= 15 is 0 Å². The number of carbonyl (C=O) groups is 1. The van der Waals surface area contributed by atoms with Crippen LogP contribution in [0, 0.1) is 19.3 Å². The van der Waals surface area contributed by atoms with E-state index in [0.29, 0.717) is 0 Å². The highest BCUT2D eigenvalue weighted by atomic mass is 32.1. The van der Waals surface area contributed by atoms with E-state index in [1.807, 2.05) is 13.8 Å². The fourth-order valence-corrected chi connectivity index (χ4v) is 4.97. The van der Waals surface area contributed by atoms with Crippen molar-refractivity contribution in [3.8, 4) is 0 Å². The van der Waals surface area contributed by atoms with Gasteiger partial charge in [0.05, 0.1) is 17.3 Å². The molecule has 2 aliphatic rings. The number of nitrogens with zero attached hydrogens (tertiary/aromatic N) is 1. The van der Waals surface area contributed by atoms with Crippen LogP contribution < -0.4 is 5.32 Å². The van der Waals surface area contributed by atoms with Crippen molar-refractivity contribution >= 4 is 17.4 Å². The number of benzene rings is 1. The van der Waals surface area contributed by atoms with Crippen LogP contribution in [0.3, 0.4) is 0 Å². The maximum Gasteiger partial charge on any atom is 0.254 e. The van der Waals surface area contributed by atoms with Gasteiger partial charge < -0.3 is 10.1 Å². The first-order valence-electron chi connectivity index (χ1n) is 8.50. The Bertz CT molecular complexity index is 758. The number of ether oxygens (including phenoxy) is 1. The highest BCUT2D eigenvalue weighted by molar-refractivity contribution is 7.06. The van der Waals surface area contributed by atoms with E-state index in [-0.39, 0.29) is 17.4 Å². The quantitative estimate of drug-likeness (QED) is 0.907. The molecule has 1 saturated heterocycles. The fraction of sp³-hybridized carbons (Fsp3) is 0.474. The smallest absolute Gasteiger partial charge is 0.254 e. The van der Waals surface area contributed by atoms with Gasteiger partial charge in [0.2, 0.25) is 0 Å². The van der Waals surface area contributed by atoms with Gasteiger partial charge in [0, 0.05) is 23.5 Å². The second-order valence-electron chi connectivity index (χ2n) is 6.96. The topological polar surface area (TPSA) is 51.2 Å². The Morgan fingerprint density at radius 1 is 1.29 bits per heavy atom. The van der Waals surface area contributed by atoms with Gasteiger partial charge >= 0.3 is 0 Å². The lowest BCUT2D eigenvalue weighted by Crippen LogP contribution is -2.42. The van der Waals surface area contributed by atoms with E-state index in [4.69, 9.17) is 4.74 Å². The molecule has 24 heavy (non-hydrogen) atoms. The second kappa shape index (κ2) is 5.97. The molecule has 126 valence electrons. The summed E-state index contributed by atoms with van der Waals surface area (Å²) in [6.07, 6.45) is 3.01. The summed E-state index contributed by atoms with van der Waals surface area (Å²) in [4.78, 5) is 13.9. The van der Waals surface area contributed by atoms with Crippen molar-refractivity contribution in [2.24, 2.45) is 5.41 Å². The average Bonchev–Trinajstić information content (AvgIpc) is 3.06. The molecule has 0 radical (unpaired) electrons. The third-order valence-electron chi connectivity index (χ3n) is 5.55. The number of amides is 1. The molecule has 1 N–H and O–H groups in total. The largest absolute Gasteiger partial charge is 0.381 e. The van der Waals surface area contributed by atoms with Gasteiger partial charge in [-0.05, 0) is 55.8 Å². The maximum atomic E-state index is 13.0. The zero-order valence-electron chi connectivity index (χ0n) is 14.1. The number of hydrogen-bond acceptors (Lipinski definition) is 4. The maximum absolute atomic E-state index is 13.0. The number of aromatic nitrogens is 1. The first-order chi connectivity index (χ1) is 11.6. The van der Waals surface area contributed by atoms with Crippen LogP contribution in [0.4, 0.5) is 0 Å². The van der Waals surface area contributed by atoms with E-state index in [1.54, 1.807) is 0 Å². The summed E-state index contributed by atoms with van der Waals surface area (Å²) >= 11 is 1.40. The molecule has 1 spiro atoms. The van der Waals surface area contributed by atoms with Crippen molar-refractivity contribution in [1.29, 1.82) is 0 Å². The van der Waals surface area contributed by atoms with Crippen molar-refractivity contribution in [3.05, 3.63) is 51.5 Å². The molecule has 1 aromatic carbocycles. The molecule has 1 fully saturated rings. The van der Waals surface area contributed by atoms with Crippen molar-refractivity contribution in [1.82, 2.24) is 9.69 Å². The Morgan fingerprint density at radius 3 is 2.75 bits per heavy atom. The molecule has 2 heterocycles. The van der Waals surface area contributed by atoms with Gasteiger partial charge in [-0.1, -0.05) is 24.3 Å². The molecule has 1 unspecified atom stereocenters. The summed E-state index contributed by atoms with van der Waals surface area (Å²) < 4.78 is 9.92. The molecule has 4 nitrogen and oxygen atoms in total. The molecule has 1 aromatic heterocycles. The van der Waals surface area contributed by atoms with Crippen LogP contribution in [0.15, 0.2) is 24.3 Å². The third kappa shape index (κ3) is 2.47. The van der Waals surface area contributed by atoms with Crippen molar-refractivity contribution < 1.29 is 9.53 Å². The Labute approximate surface area is 146 Å². The Kier molecular flexibility index (Phi) is 3.93. The first-order valence-corrected chi connectivity index (χ1v) is 9.27. The van der Waals surface area contributed by atoms with Gasteiger partial charge in [-0.15, -0.1) is 0 Å². The highest BCUT2D eigenvalue weighted by Gasteiger charge is 2.47. The van der Waals surface area contributed by atoms with E-state index in [9.17, 15) is 4.79 Å². The number of fused-ring (bicyclic) bond motifs is 1. The molecule has 1 aliphatic heterocycles. The summed E-state index contributed by atoms with van der Waals surface area (Å²) in [6.45, 7) is 5.43. The lowest BCUT2D eigenvalue weighted by molar-refractivity contribution is 0.000541. The molecular weight excluding hydrogens is 320 g/mol. The minimum absolute atomic E-state index is 0.00585. The molecule has 0 saturated carbocycles. The molecule has 2 aromatic rings. The minimum atomic E-state index is 0.00585. The molecule has 1 aliphatic carbocycles. The van der Waals surface area contributed by atoms with Gasteiger partial charge in [0.25, 0.3) is 5.91 Å². The number of hydrogen-bond donors (Lipinski definition) is 1. The van der Waals surface area contributed by atoms with Crippen molar-refractivity contribution in [2.75, 3.05) is 13.2 Å². The third-order valence-corrected chi connectivity index (χ3v) is 6.39. The summed E-state index contributed by atoms with van der Waals surface area (Å²) in [6, 6.07) is 8.58. The normalized spacial score (nSPS) is 21.7. The van der Waals surface area contributed by atoms with Crippen LogP contribution >= 0.6 is 11.5 Å². The molecule has 1 atom stereocenters. The lowest BCUT2D eigenvalue weighted by atomic mass is 9.74. The highest BCUT2D eigenvalue weighted by Crippen LogP contribution is 2.51. The Balaban J connectivity index is 1.69. The number of aryl methyl sites for hydroxylation is 2. The minimum Gasteiger partial charge on any atom is -0.381 e. The van der Waals surface area contributed by atoms with Crippen molar-refractivity contribution in [3.63, 3.8) is 0 Å². The van der Waals surface area contributed by atoms with Gasteiger partial charge in [-0.25, -0.2) is 0 Å². The van der Waals surface area contributed by atoms with Crippen molar-refractivity contribution in [2.45, 2.75) is 39.2 Å². The van der Waals surface area contributed by atoms with E-state index < -0.39 is 0 Å². The SMILES string of the molecule is Cc1nsc(C)c1C(=O)NC1c2ccccc2CC12CCOCC2. The van der Waals surface area contributed by atoms with E-state index in [0.717, 1.165) is 48.6 Å². The van der Waals surface area contributed by atoms with Crippen LogP contribution in [-0.2, 0) is 11.2 Å². The van der Waals surface area contributed by atoms with Crippen LogP contribution in [0.25, 0.3) is 0 Å². The summed E-state index contributed by atoms with van der Waals surface area (Å²) in [5.74, 6) is 0.00585. The monoisotopic (exact) mass is 342 g/mol. The molecular formula is C19H22N2O2S. The molecule has 1 amide bonds. The standard InChI is InChI=1S/C19H22N2O2S/c1-12-16(13(2)24-21-12)18(22)20-17-15-6-4-3-5-14(15)11-19(17)7-9-23-10-8-19/h3-6,17H,7-11H2,1-2H3,(H,20,22). The van der Waals surface area contributed by atoms with Crippen LogP contribution in [-0.4, -0.2) is 23.5 Å². The summed E-state index contributed by atoms with van der Waals surface area (Å²) in [5.41, 5.74) is 4.28. The van der Waals surface area contributed by atoms with Gasteiger partial charge in [0.15, 0.2) is 0 Å². The zero-order valence-corrected chi connectivity index (χ0v) is 14.9. The van der Waals surface area contributed by atoms with Gasteiger partial charge in [0.1, 0.15) is 0 Å². The fourth-order valence-electron chi connectivity index (χ4n) is 4.27. The van der Waals surface area contributed by atoms with Crippen LogP contribution in [0.2, 0.25) is 0 Å². The Morgan fingerprint density at radius 2 is 2.04 bits per heavy atom. The molecule has 4 rings (SSSR count). The summed E-state index contributed by atoms with van der Waals surface area (Å²) in [5, 5.41) is 3.35. The van der Waals surface area contributed by atoms with Crippen LogP contribution in [0.1, 0.15) is 50.9 Å². The molecule has 0 bridgehead atoms. The number of rotatable bonds is 2. The van der Waals surface area contributed by atoms with Gasteiger partial charge in [-0.2, -0.15) is 4.37 Å². The van der Waals surface area contributed by atoms with E-state index in [1.165, 1.54) is 22.7 Å². The lowest BCUT2D eigenvalue weighted by Gasteiger charge is -2.39. The first kappa shape index (κ1) is 15.8. The zero-order chi connectivity index (χ0) is 16.7. The number of carbonyl (C=O) groups excluding carboxylic acids is 1. The predicted molar refractivity (Wildman–Crippen MR) is 94.4 cm³/mol. The second-order valence-corrected chi connectivity index (χ2v) is 7.93. The average molecular weight is 342 g/mol. The summed E-state index contributed by atoms with van der Waals surface area (Å²) in [7, 11) is 0. The van der Waals surface area contributed by atoms with E-state index in [2.05, 4.69) is 34.0 Å². The molecule has 5 heteroatoms. The van der Waals surface area contributed by atoms with Gasteiger partial charge in [-0.3, -0.25) is 4.79 Å². The predicted octanol–water partition coefficient (Wildman–Crippen LogP) is 3.58.